The van der Waals surface area contributed by atoms with Gasteiger partial charge < -0.3 is 29.2 Å². The highest BCUT2D eigenvalue weighted by molar-refractivity contribution is 14.1. The van der Waals surface area contributed by atoms with Gasteiger partial charge in [-0.1, -0.05) is 20.8 Å². The van der Waals surface area contributed by atoms with E-state index in [0.717, 1.165) is 0 Å². The van der Waals surface area contributed by atoms with Gasteiger partial charge in [0.15, 0.2) is 8.32 Å². The second-order valence-electron chi connectivity index (χ2n) is 8.32. The third kappa shape index (κ3) is 5.83. The first-order valence-electron chi connectivity index (χ1n) is 9.00. The van der Waals surface area contributed by atoms with E-state index in [9.17, 15) is 9.90 Å². The van der Waals surface area contributed by atoms with Gasteiger partial charge in [0.1, 0.15) is 12.3 Å². The lowest BCUT2D eigenvalue weighted by molar-refractivity contribution is -0.142. The molecule has 4 atom stereocenters. The third-order valence-electron chi connectivity index (χ3n) is 5.35. The van der Waals surface area contributed by atoms with Crippen LogP contribution in [0.15, 0.2) is 9.78 Å². The van der Waals surface area contributed by atoms with Crippen LogP contribution in [0.2, 0.25) is 18.1 Å². The van der Waals surface area contributed by atoms with Gasteiger partial charge in [0, 0.05) is 12.6 Å². The number of aliphatic hydroxyl groups excluding tert-OH is 1. The summed E-state index contributed by atoms with van der Waals surface area (Å²) >= 11 is 3.56. The van der Waals surface area contributed by atoms with Crippen molar-refractivity contribution in [3.63, 3.8) is 0 Å². The van der Waals surface area contributed by atoms with E-state index >= 15 is 0 Å². The van der Waals surface area contributed by atoms with E-state index in [4.69, 9.17) is 13.9 Å². The highest BCUT2D eigenvalue weighted by Crippen LogP contribution is 2.38. The van der Waals surface area contributed by atoms with Gasteiger partial charge in [-0.15, -0.1) is 11.8 Å². The van der Waals surface area contributed by atoms with Gasteiger partial charge >= 0.3 is 0 Å². The topological polar surface area (TPSA) is 80.3 Å². The molecule has 0 spiro atoms. The van der Waals surface area contributed by atoms with Crippen LogP contribution in [-0.2, 0) is 18.7 Å². The minimum absolute atomic E-state index is 0.118. The average Bonchev–Trinajstić information content (AvgIpc) is 2.96. The lowest BCUT2D eigenvalue weighted by atomic mass is 10.2. The van der Waals surface area contributed by atoms with E-state index in [2.05, 4.69) is 39.2 Å². The summed E-state index contributed by atoms with van der Waals surface area (Å²) in [4.78, 5) is 13.3. The lowest BCUT2D eigenvalue weighted by Crippen LogP contribution is -2.53. The zero-order valence-corrected chi connectivity index (χ0v) is 20.8. The van der Waals surface area contributed by atoms with E-state index in [1.165, 1.54) is 0 Å². The molecule has 0 bridgehead atoms. The number of aliphatic hydroxyl groups is 1. The van der Waals surface area contributed by atoms with Gasteiger partial charge in [-0.2, -0.15) is 0 Å². The maximum atomic E-state index is 11.7. The quantitative estimate of drug-likeness (QED) is 0.298. The number of carbonyl (C=O) groups excluding carboxylic acids is 1. The summed E-state index contributed by atoms with van der Waals surface area (Å²) in [5.74, 6) is 0.287. The Labute approximate surface area is 180 Å². The highest BCUT2D eigenvalue weighted by atomic mass is 127. The third-order valence-corrected chi connectivity index (χ3v) is 11.0. The van der Waals surface area contributed by atoms with E-state index in [0.29, 0.717) is 22.5 Å². The highest BCUT2D eigenvalue weighted by Gasteiger charge is 2.44. The van der Waals surface area contributed by atoms with Crippen molar-refractivity contribution >= 4 is 48.6 Å². The van der Waals surface area contributed by atoms with E-state index in [1.54, 1.807) is 22.9 Å². The zero-order chi connectivity index (χ0) is 20.4. The van der Waals surface area contributed by atoms with Crippen LogP contribution in [0, 0.1) is 0 Å². The van der Waals surface area contributed by atoms with Crippen LogP contribution in [0.5, 0.6) is 0 Å². The van der Waals surface area contributed by atoms with Crippen molar-refractivity contribution in [2.75, 3.05) is 18.8 Å². The number of carbonyl (C=O) groups is 1. The molecule has 0 aliphatic carbocycles. The molecule has 0 saturated carbocycles. The zero-order valence-electron chi connectivity index (χ0n) is 16.8. The van der Waals surface area contributed by atoms with Gasteiger partial charge in [-0.05, 0) is 47.0 Å². The van der Waals surface area contributed by atoms with Crippen molar-refractivity contribution in [3.8, 4) is 0 Å². The first-order chi connectivity index (χ1) is 12.5. The predicted molar refractivity (Wildman–Crippen MR) is 118 cm³/mol. The SMILES string of the molecule is CSCOC1C[C@H](N2C=C(I)C(=O)NC2O)O[C@@H]1CO[Si](C)(C)C(C)(C)C. The molecule has 0 aromatic rings. The van der Waals surface area contributed by atoms with Gasteiger partial charge in [-0.25, -0.2) is 0 Å². The number of nitrogens with zero attached hydrogens (tertiary/aromatic N) is 1. The fourth-order valence-corrected chi connectivity index (χ4v) is 4.44. The number of halogens is 1. The van der Waals surface area contributed by atoms with Gasteiger partial charge in [-0.3, -0.25) is 4.79 Å². The monoisotopic (exact) mass is 530 g/mol. The Morgan fingerprint density at radius 1 is 1.48 bits per heavy atom. The average molecular weight is 531 g/mol. The van der Waals surface area contributed by atoms with Crippen molar-refractivity contribution in [2.45, 2.75) is 70.1 Å². The molecule has 1 saturated heterocycles. The van der Waals surface area contributed by atoms with Gasteiger partial charge in [0.05, 0.1) is 22.2 Å². The molecule has 7 nitrogen and oxygen atoms in total. The molecule has 2 unspecified atom stereocenters. The van der Waals surface area contributed by atoms with Crippen LogP contribution in [0.25, 0.3) is 0 Å². The number of ether oxygens (including phenoxy) is 2. The Morgan fingerprint density at radius 2 is 2.15 bits per heavy atom. The second-order valence-corrected chi connectivity index (χ2v) is 15.1. The summed E-state index contributed by atoms with van der Waals surface area (Å²) in [5.41, 5.74) is 0. The van der Waals surface area contributed by atoms with Crippen molar-refractivity contribution in [1.82, 2.24) is 10.2 Å². The number of rotatable bonds is 7. The van der Waals surface area contributed by atoms with E-state index in [1.807, 2.05) is 28.8 Å². The largest absolute Gasteiger partial charge is 0.414 e. The number of amides is 1. The van der Waals surface area contributed by atoms with Crippen molar-refractivity contribution in [3.05, 3.63) is 9.78 Å². The lowest BCUT2D eigenvalue weighted by Gasteiger charge is -2.37. The second kappa shape index (κ2) is 9.31. The summed E-state index contributed by atoms with van der Waals surface area (Å²) in [6.45, 7) is 11.5. The van der Waals surface area contributed by atoms with Crippen LogP contribution in [0.1, 0.15) is 27.2 Å². The fourth-order valence-electron chi connectivity index (χ4n) is 2.63. The normalized spacial score (nSPS) is 29.7. The maximum Gasteiger partial charge on any atom is 0.262 e. The molecule has 0 radical (unpaired) electrons. The van der Waals surface area contributed by atoms with Crippen LogP contribution in [0.3, 0.4) is 0 Å². The molecule has 27 heavy (non-hydrogen) atoms. The summed E-state index contributed by atoms with van der Waals surface area (Å²) in [6.07, 6.45) is 2.39. The van der Waals surface area contributed by atoms with Gasteiger partial charge in [0.25, 0.3) is 5.91 Å². The summed E-state index contributed by atoms with van der Waals surface area (Å²) in [7, 11) is -1.90. The number of hydrogen-bond donors (Lipinski definition) is 2. The van der Waals surface area contributed by atoms with Gasteiger partial charge in [0.2, 0.25) is 6.35 Å². The molecule has 2 aliphatic heterocycles. The predicted octanol–water partition coefficient (Wildman–Crippen LogP) is 2.81. The molecule has 2 heterocycles. The molecule has 0 aromatic carbocycles. The van der Waals surface area contributed by atoms with Crippen LogP contribution < -0.4 is 5.32 Å². The summed E-state index contributed by atoms with van der Waals surface area (Å²) < 4.78 is 19.0. The molecular weight excluding hydrogens is 499 g/mol. The number of hydrogen-bond acceptors (Lipinski definition) is 7. The van der Waals surface area contributed by atoms with E-state index in [-0.39, 0.29) is 29.4 Å². The van der Waals surface area contributed by atoms with E-state index < -0.39 is 14.7 Å². The summed E-state index contributed by atoms with van der Waals surface area (Å²) in [6, 6.07) is 0. The number of nitrogens with one attached hydrogen (secondary N) is 1. The molecule has 2 aliphatic rings. The Hall–Kier alpha value is 0.147. The number of thioether (sulfide) groups is 1. The molecule has 2 N–H and O–H groups in total. The Balaban J connectivity index is 2.08. The molecule has 2 rings (SSSR count). The Kier molecular flexibility index (Phi) is 8.08. The van der Waals surface area contributed by atoms with Crippen LogP contribution in [-0.4, -0.2) is 67.8 Å². The first kappa shape index (κ1) is 23.4. The minimum atomic E-state index is -1.90. The molecular formula is C17H31IN2O5SSi. The maximum absolute atomic E-state index is 11.7. The standard InChI is InChI=1S/C17H31IN2O5SSi/c1-17(2,3)27(5,6)24-9-13-12(23-10-26-4)7-14(25-13)20-8-11(18)15(21)19-16(20)22/h8,12-14,16,22H,7,9-10H2,1-6H3,(H,19,21)/t12?,13-,14-,16?/m1/s1. The van der Waals surface area contributed by atoms with Crippen molar-refractivity contribution in [2.24, 2.45) is 0 Å². The minimum Gasteiger partial charge on any atom is -0.414 e. The Bertz CT molecular complexity index is 572. The molecule has 156 valence electrons. The first-order valence-corrected chi connectivity index (χ1v) is 14.4. The summed E-state index contributed by atoms with van der Waals surface area (Å²) in [5, 5.41) is 12.9. The molecule has 10 heteroatoms. The molecule has 1 fully saturated rings. The van der Waals surface area contributed by atoms with Crippen molar-refractivity contribution in [1.29, 1.82) is 0 Å². The smallest absolute Gasteiger partial charge is 0.262 e. The molecule has 1 amide bonds. The Morgan fingerprint density at radius 3 is 2.74 bits per heavy atom. The van der Waals surface area contributed by atoms with Crippen LogP contribution >= 0.6 is 34.4 Å². The van der Waals surface area contributed by atoms with Crippen LogP contribution in [0.4, 0.5) is 0 Å². The molecule has 0 aromatic heterocycles. The van der Waals surface area contributed by atoms with Crippen molar-refractivity contribution < 1.29 is 23.8 Å². The fraction of sp³-hybridized carbons (Fsp3) is 0.824.